The number of piperidine rings is 1. The number of aromatic carboxylic acids is 1. The Hall–Kier alpha value is -4.46. The summed E-state index contributed by atoms with van der Waals surface area (Å²) in [7, 11) is 0. The number of likely N-dealkylation sites (tertiary alicyclic amines) is 1. The standard InChI is InChI=1S/C35H37N5O3/c1-22-19-27(24-13-16-38(17-14-24)34(41)26-9-10-26)11-12-28(22)21-39-18-15-25-5-3-6-29(33(25)39)31-7-4-8-32(37-31)40-23(2)30(20-36-40)35(42)43/h3-8,11-12,19-20,24,26H,9-10,13-18,21H2,1-2H3,(H,42,43). The van der Waals surface area contributed by atoms with Crippen molar-refractivity contribution in [2.45, 2.75) is 58.4 Å². The van der Waals surface area contributed by atoms with Crippen molar-refractivity contribution < 1.29 is 14.7 Å². The summed E-state index contributed by atoms with van der Waals surface area (Å²) in [4.78, 5) is 33.5. The third-order valence-electron chi connectivity index (χ3n) is 9.49. The molecule has 2 aromatic heterocycles. The van der Waals surface area contributed by atoms with Crippen LogP contribution < -0.4 is 4.90 Å². The van der Waals surface area contributed by atoms with Crippen molar-refractivity contribution in [3.05, 3.63) is 94.3 Å². The van der Waals surface area contributed by atoms with E-state index in [2.05, 4.69) is 58.2 Å². The summed E-state index contributed by atoms with van der Waals surface area (Å²) >= 11 is 0. The second kappa shape index (κ2) is 11.0. The average Bonchev–Trinajstić information content (AvgIpc) is 3.68. The van der Waals surface area contributed by atoms with Gasteiger partial charge in [-0.1, -0.05) is 42.5 Å². The van der Waals surface area contributed by atoms with E-state index in [1.54, 1.807) is 11.6 Å². The minimum absolute atomic E-state index is 0.175. The van der Waals surface area contributed by atoms with Gasteiger partial charge in [-0.2, -0.15) is 5.10 Å². The lowest BCUT2D eigenvalue weighted by molar-refractivity contribution is -0.133. The molecule has 2 fully saturated rings. The van der Waals surface area contributed by atoms with E-state index in [4.69, 9.17) is 4.98 Å². The van der Waals surface area contributed by atoms with Crippen molar-refractivity contribution in [2.24, 2.45) is 5.92 Å². The van der Waals surface area contributed by atoms with Crippen LogP contribution in [0.4, 0.5) is 5.69 Å². The third kappa shape index (κ3) is 5.19. The average molecular weight is 576 g/mol. The number of amides is 1. The Morgan fingerprint density at radius 1 is 0.953 bits per heavy atom. The number of nitrogens with zero attached hydrogens (tertiary/aromatic N) is 5. The van der Waals surface area contributed by atoms with Crippen LogP contribution in [-0.4, -0.2) is 56.3 Å². The van der Waals surface area contributed by atoms with Crippen LogP contribution in [0.25, 0.3) is 17.1 Å². The topological polar surface area (TPSA) is 91.6 Å². The first-order valence-corrected chi connectivity index (χ1v) is 15.4. The van der Waals surface area contributed by atoms with E-state index in [1.807, 2.05) is 18.2 Å². The van der Waals surface area contributed by atoms with E-state index >= 15 is 0 Å². The van der Waals surface area contributed by atoms with E-state index in [-0.39, 0.29) is 5.56 Å². The van der Waals surface area contributed by atoms with Gasteiger partial charge in [-0.3, -0.25) is 4.79 Å². The van der Waals surface area contributed by atoms with Crippen LogP contribution in [-0.2, 0) is 17.8 Å². The Balaban J connectivity index is 1.11. The number of anilines is 1. The van der Waals surface area contributed by atoms with Crippen LogP contribution in [0.5, 0.6) is 0 Å². The summed E-state index contributed by atoms with van der Waals surface area (Å²) in [6.45, 7) is 7.50. The number of carboxylic acids is 1. The number of rotatable bonds is 7. The molecule has 2 aromatic carbocycles. The molecular formula is C35H37N5O3. The minimum Gasteiger partial charge on any atom is -0.478 e. The van der Waals surface area contributed by atoms with Gasteiger partial charge in [0.05, 0.1) is 17.6 Å². The molecule has 8 nitrogen and oxygen atoms in total. The smallest absolute Gasteiger partial charge is 0.339 e. The molecule has 0 atom stereocenters. The maximum absolute atomic E-state index is 12.5. The number of aryl methyl sites for hydroxylation is 1. The highest BCUT2D eigenvalue weighted by Crippen LogP contribution is 2.39. The fraction of sp³-hybridized carbons (Fsp3) is 0.371. The number of carboxylic acid groups (broad SMARTS) is 1. The second-order valence-electron chi connectivity index (χ2n) is 12.3. The summed E-state index contributed by atoms with van der Waals surface area (Å²) in [6.07, 6.45) is 6.60. The molecule has 2 aliphatic heterocycles. The Kier molecular flexibility index (Phi) is 7.00. The van der Waals surface area contributed by atoms with E-state index in [0.717, 1.165) is 69.5 Å². The number of carbonyl (C=O) groups is 2. The van der Waals surface area contributed by atoms with Crippen LogP contribution in [0.1, 0.15) is 69.9 Å². The Morgan fingerprint density at radius 2 is 1.74 bits per heavy atom. The zero-order chi connectivity index (χ0) is 29.7. The number of hydrogen-bond acceptors (Lipinski definition) is 5. The predicted molar refractivity (Wildman–Crippen MR) is 166 cm³/mol. The maximum atomic E-state index is 12.5. The lowest BCUT2D eigenvalue weighted by Crippen LogP contribution is -2.38. The SMILES string of the molecule is Cc1cc(C2CCN(C(=O)C3CC3)CC2)ccc1CN1CCc2cccc(-c3cccc(-n4ncc(C(=O)O)c4C)n3)c21. The molecule has 1 saturated heterocycles. The van der Waals surface area contributed by atoms with E-state index in [0.29, 0.717) is 29.3 Å². The quantitative estimate of drug-likeness (QED) is 0.294. The molecule has 220 valence electrons. The van der Waals surface area contributed by atoms with Gasteiger partial charge in [0.2, 0.25) is 5.91 Å². The zero-order valence-corrected chi connectivity index (χ0v) is 24.8. The van der Waals surface area contributed by atoms with Crippen molar-refractivity contribution >= 4 is 17.6 Å². The number of benzene rings is 2. The van der Waals surface area contributed by atoms with Gasteiger partial charge in [-0.25, -0.2) is 14.5 Å². The summed E-state index contributed by atoms with van der Waals surface area (Å²) in [5.41, 5.74) is 9.19. The van der Waals surface area contributed by atoms with Crippen LogP contribution in [0.2, 0.25) is 0 Å². The van der Waals surface area contributed by atoms with Crippen LogP contribution >= 0.6 is 0 Å². The monoisotopic (exact) mass is 575 g/mol. The van der Waals surface area contributed by atoms with Gasteiger partial charge < -0.3 is 14.9 Å². The number of aromatic nitrogens is 3. The fourth-order valence-electron chi connectivity index (χ4n) is 6.82. The van der Waals surface area contributed by atoms with E-state index in [9.17, 15) is 14.7 Å². The molecule has 1 saturated carbocycles. The Labute approximate surface area is 252 Å². The maximum Gasteiger partial charge on any atom is 0.339 e. The second-order valence-corrected chi connectivity index (χ2v) is 12.3. The van der Waals surface area contributed by atoms with Gasteiger partial charge in [0.15, 0.2) is 5.82 Å². The largest absolute Gasteiger partial charge is 0.478 e. The van der Waals surface area contributed by atoms with Crippen molar-refractivity contribution in [2.75, 3.05) is 24.5 Å². The zero-order valence-electron chi connectivity index (χ0n) is 24.8. The highest BCUT2D eigenvalue weighted by molar-refractivity contribution is 5.88. The highest BCUT2D eigenvalue weighted by atomic mass is 16.4. The Morgan fingerprint density at radius 3 is 2.47 bits per heavy atom. The number of pyridine rings is 1. The van der Waals surface area contributed by atoms with E-state index < -0.39 is 5.97 Å². The van der Waals surface area contributed by atoms with Gasteiger partial charge in [0.1, 0.15) is 5.56 Å². The molecule has 4 heterocycles. The molecule has 0 spiro atoms. The molecule has 0 unspecified atom stereocenters. The molecule has 3 aliphatic rings. The normalized spacial score (nSPS) is 16.9. The van der Waals surface area contributed by atoms with Crippen molar-refractivity contribution in [3.8, 4) is 17.1 Å². The lowest BCUT2D eigenvalue weighted by atomic mass is 9.87. The van der Waals surface area contributed by atoms with Crippen molar-refractivity contribution in [1.29, 1.82) is 0 Å². The summed E-state index contributed by atoms with van der Waals surface area (Å²) < 4.78 is 1.59. The first kappa shape index (κ1) is 27.4. The molecule has 8 heteroatoms. The molecule has 1 N–H and O–H groups in total. The number of hydrogen-bond donors (Lipinski definition) is 1. The Bertz CT molecular complexity index is 1710. The summed E-state index contributed by atoms with van der Waals surface area (Å²) in [5.74, 6) is 0.797. The molecule has 1 amide bonds. The molecule has 4 aromatic rings. The van der Waals surface area contributed by atoms with Gasteiger partial charge >= 0.3 is 5.97 Å². The molecule has 43 heavy (non-hydrogen) atoms. The number of fused-ring (bicyclic) bond motifs is 1. The summed E-state index contributed by atoms with van der Waals surface area (Å²) in [5, 5.41) is 13.8. The molecule has 1 aliphatic carbocycles. The van der Waals surface area contributed by atoms with Crippen LogP contribution in [0.3, 0.4) is 0 Å². The molecule has 0 bridgehead atoms. The van der Waals surface area contributed by atoms with Crippen molar-refractivity contribution in [1.82, 2.24) is 19.7 Å². The first-order chi connectivity index (χ1) is 20.9. The summed E-state index contributed by atoms with van der Waals surface area (Å²) in [6, 6.07) is 19.2. The van der Waals surface area contributed by atoms with Crippen molar-refractivity contribution in [3.63, 3.8) is 0 Å². The van der Waals surface area contributed by atoms with Crippen LogP contribution in [0.15, 0.2) is 60.8 Å². The minimum atomic E-state index is -0.995. The van der Waals surface area contributed by atoms with E-state index in [1.165, 1.54) is 34.1 Å². The van der Waals surface area contributed by atoms with Crippen LogP contribution in [0, 0.1) is 19.8 Å². The number of para-hydroxylation sites is 1. The van der Waals surface area contributed by atoms with Gasteiger partial charge in [-0.05, 0) is 86.3 Å². The number of carbonyl (C=O) groups excluding carboxylic acids is 1. The predicted octanol–water partition coefficient (Wildman–Crippen LogP) is 5.93. The molecule has 7 rings (SSSR count). The fourth-order valence-corrected chi connectivity index (χ4v) is 6.82. The van der Waals surface area contributed by atoms with Gasteiger partial charge in [-0.15, -0.1) is 0 Å². The highest BCUT2D eigenvalue weighted by Gasteiger charge is 2.35. The molecule has 0 radical (unpaired) electrons. The molecular weight excluding hydrogens is 538 g/mol. The third-order valence-corrected chi connectivity index (χ3v) is 9.49. The van der Waals surface area contributed by atoms with Gasteiger partial charge in [0, 0.05) is 43.3 Å². The lowest BCUT2D eigenvalue weighted by Gasteiger charge is -2.32. The van der Waals surface area contributed by atoms with Gasteiger partial charge in [0.25, 0.3) is 0 Å². The first-order valence-electron chi connectivity index (χ1n) is 15.4.